The van der Waals surface area contributed by atoms with Gasteiger partial charge in [0.25, 0.3) is 11.5 Å². The zero-order chi connectivity index (χ0) is 28.0. The van der Waals surface area contributed by atoms with E-state index in [0.29, 0.717) is 42.6 Å². The molecule has 0 spiro atoms. The number of hydrogen-bond acceptors (Lipinski definition) is 10. The number of ketones is 1. The van der Waals surface area contributed by atoms with Gasteiger partial charge >= 0.3 is 5.97 Å². The molecule has 0 bridgehead atoms. The Morgan fingerprint density at radius 1 is 1.27 bits per heavy atom. The van der Waals surface area contributed by atoms with Gasteiger partial charge < -0.3 is 25.5 Å². The molecule has 0 saturated carbocycles. The summed E-state index contributed by atoms with van der Waals surface area (Å²) < 4.78 is 10.8. The number of benzene rings is 1. The first-order chi connectivity index (χ1) is 19.3. The summed E-state index contributed by atoms with van der Waals surface area (Å²) in [6, 6.07) is 5.43. The number of rotatable bonds is 6. The predicted molar refractivity (Wildman–Crippen MR) is 147 cm³/mol. The molecule has 11 nitrogen and oxygen atoms in total. The highest BCUT2D eigenvalue weighted by molar-refractivity contribution is 7.18. The molecule has 0 radical (unpaired) electrons. The topological polar surface area (TPSA) is 157 Å². The molecule has 4 heterocycles. The van der Waals surface area contributed by atoms with Gasteiger partial charge in [-0.3, -0.25) is 24.1 Å². The number of H-pyrrole nitrogens is 1. The number of Topliss-reactive ketones (excluding diaryl/α,β-unsaturated/α-hetero) is 1. The first kappa shape index (κ1) is 26.8. The van der Waals surface area contributed by atoms with E-state index in [9.17, 15) is 19.2 Å². The van der Waals surface area contributed by atoms with Crippen molar-refractivity contribution in [2.75, 3.05) is 19.8 Å². The first-order valence-electron chi connectivity index (χ1n) is 13.6. The molecule has 2 aromatic heterocycles. The molecule has 1 aliphatic carbocycles. The van der Waals surface area contributed by atoms with Crippen molar-refractivity contribution in [3.8, 4) is 0 Å². The minimum atomic E-state index is -0.635. The number of nitrogens with two attached hydrogens (primary N) is 1. The number of ether oxygens (including phenoxy) is 2. The SMILES string of the molecule is CCOC(=O)C1CCc2sc3nc(C(=O)NCc4ccc5c(c4)CN(C4OCC(=O)C4N)CC5)[nH]c(=O)c3c2C1. The molecule has 3 aliphatic rings. The number of aryl methyl sites for hydroxylation is 1. The zero-order valence-electron chi connectivity index (χ0n) is 22.2. The number of amides is 1. The van der Waals surface area contributed by atoms with Crippen LogP contribution < -0.4 is 16.6 Å². The fourth-order valence-corrected chi connectivity index (χ4v) is 7.05. The van der Waals surface area contributed by atoms with Crippen LogP contribution in [0.25, 0.3) is 10.2 Å². The van der Waals surface area contributed by atoms with Crippen molar-refractivity contribution < 1.29 is 23.9 Å². The summed E-state index contributed by atoms with van der Waals surface area (Å²) in [6.45, 7) is 3.77. The molecule has 4 N–H and O–H groups in total. The van der Waals surface area contributed by atoms with Crippen molar-refractivity contribution in [2.45, 2.75) is 58.0 Å². The second-order valence-corrected chi connectivity index (χ2v) is 11.6. The monoisotopic (exact) mass is 565 g/mol. The summed E-state index contributed by atoms with van der Waals surface area (Å²) in [7, 11) is 0. The third kappa shape index (κ3) is 4.96. The average molecular weight is 566 g/mol. The zero-order valence-corrected chi connectivity index (χ0v) is 23.0. The van der Waals surface area contributed by atoms with E-state index in [1.54, 1.807) is 6.92 Å². The average Bonchev–Trinajstić information content (AvgIpc) is 3.50. The minimum absolute atomic E-state index is 0.0424. The largest absolute Gasteiger partial charge is 0.466 e. The van der Waals surface area contributed by atoms with Crippen molar-refractivity contribution in [1.29, 1.82) is 0 Å². The van der Waals surface area contributed by atoms with E-state index in [1.165, 1.54) is 16.9 Å². The molecule has 2 aliphatic heterocycles. The van der Waals surface area contributed by atoms with Crippen molar-refractivity contribution in [3.63, 3.8) is 0 Å². The summed E-state index contributed by atoms with van der Waals surface area (Å²) in [4.78, 5) is 60.8. The Hall–Kier alpha value is -3.45. The Morgan fingerprint density at radius 3 is 2.90 bits per heavy atom. The van der Waals surface area contributed by atoms with E-state index >= 15 is 0 Å². The number of fused-ring (bicyclic) bond motifs is 4. The summed E-state index contributed by atoms with van der Waals surface area (Å²) >= 11 is 1.41. The lowest BCUT2D eigenvalue weighted by Crippen LogP contribution is -2.49. The Kier molecular flexibility index (Phi) is 7.26. The molecule has 1 amide bonds. The van der Waals surface area contributed by atoms with E-state index < -0.39 is 18.2 Å². The van der Waals surface area contributed by atoms with Crippen LogP contribution in [0.2, 0.25) is 0 Å². The molecule has 1 saturated heterocycles. The normalized spacial score (nSPS) is 22.6. The highest BCUT2D eigenvalue weighted by atomic mass is 32.1. The van der Waals surface area contributed by atoms with Gasteiger partial charge in [0.15, 0.2) is 5.78 Å². The number of carbonyl (C=O) groups is 3. The van der Waals surface area contributed by atoms with Gasteiger partial charge in [0, 0.05) is 24.5 Å². The van der Waals surface area contributed by atoms with E-state index in [2.05, 4.69) is 26.3 Å². The highest BCUT2D eigenvalue weighted by Crippen LogP contribution is 2.36. The smallest absolute Gasteiger partial charge is 0.309 e. The Bertz CT molecular complexity index is 1560. The summed E-state index contributed by atoms with van der Waals surface area (Å²) in [5.41, 5.74) is 9.71. The van der Waals surface area contributed by atoms with Gasteiger partial charge in [0.05, 0.1) is 17.9 Å². The maximum Gasteiger partial charge on any atom is 0.309 e. The van der Waals surface area contributed by atoms with E-state index in [0.717, 1.165) is 34.5 Å². The maximum absolute atomic E-state index is 13.0. The van der Waals surface area contributed by atoms with Crippen LogP contribution >= 0.6 is 11.3 Å². The maximum atomic E-state index is 13.0. The molecule has 6 rings (SSSR count). The molecule has 1 fully saturated rings. The number of aromatic amines is 1. The van der Waals surface area contributed by atoms with Crippen LogP contribution in [0.1, 0.15) is 51.1 Å². The predicted octanol–water partition coefficient (Wildman–Crippen LogP) is 1.19. The summed E-state index contributed by atoms with van der Waals surface area (Å²) in [5, 5.41) is 3.32. The highest BCUT2D eigenvalue weighted by Gasteiger charge is 2.38. The minimum Gasteiger partial charge on any atom is -0.466 e. The molecule has 12 heteroatoms. The number of aromatic nitrogens is 2. The second-order valence-electron chi connectivity index (χ2n) is 10.5. The third-order valence-corrected chi connectivity index (χ3v) is 9.14. The van der Waals surface area contributed by atoms with Gasteiger partial charge in [-0.2, -0.15) is 0 Å². The number of hydrogen-bond donors (Lipinski definition) is 3. The van der Waals surface area contributed by atoms with Crippen LogP contribution in [0.15, 0.2) is 23.0 Å². The summed E-state index contributed by atoms with van der Waals surface area (Å²) in [5.74, 6) is -1.12. The number of nitrogens with one attached hydrogen (secondary N) is 2. The number of carbonyl (C=O) groups excluding carboxylic acids is 3. The first-order valence-corrected chi connectivity index (χ1v) is 14.4. The van der Waals surface area contributed by atoms with Crippen LogP contribution in [0.4, 0.5) is 0 Å². The number of thiophene rings is 1. The van der Waals surface area contributed by atoms with Gasteiger partial charge in [0.1, 0.15) is 23.7 Å². The van der Waals surface area contributed by atoms with Gasteiger partial charge in [0.2, 0.25) is 5.82 Å². The molecule has 1 aromatic carbocycles. The Labute approximate surface area is 234 Å². The quantitative estimate of drug-likeness (QED) is 0.374. The van der Waals surface area contributed by atoms with Crippen molar-refractivity contribution in [2.24, 2.45) is 11.7 Å². The van der Waals surface area contributed by atoms with Crippen LogP contribution in [-0.4, -0.2) is 64.6 Å². The van der Waals surface area contributed by atoms with E-state index in [4.69, 9.17) is 15.2 Å². The third-order valence-electron chi connectivity index (χ3n) is 7.95. The van der Waals surface area contributed by atoms with Gasteiger partial charge in [-0.15, -0.1) is 11.3 Å². The van der Waals surface area contributed by atoms with Gasteiger partial charge in [-0.05, 0) is 54.9 Å². The fraction of sp³-hybridized carbons (Fsp3) is 0.464. The lowest BCUT2D eigenvalue weighted by molar-refractivity contribution is -0.148. The molecule has 40 heavy (non-hydrogen) atoms. The molecule has 3 aromatic rings. The molecule has 210 valence electrons. The molecular formula is C28H31N5O6S. The summed E-state index contributed by atoms with van der Waals surface area (Å²) in [6.07, 6.45) is 2.18. The van der Waals surface area contributed by atoms with Crippen molar-refractivity contribution in [1.82, 2.24) is 20.2 Å². The molecule has 3 unspecified atom stereocenters. The fourth-order valence-electron chi connectivity index (χ4n) is 5.84. The number of nitrogens with zero attached hydrogens (tertiary/aromatic N) is 2. The Morgan fingerprint density at radius 2 is 2.12 bits per heavy atom. The standard InChI is InChI=1S/C28H31N5O6S/c1-2-38-28(37)16-5-6-20-18(10-16)21-24(35)31-23(32-26(21)40-20)25(36)30-11-14-3-4-15-7-8-33(12-17(15)9-14)27-22(29)19(34)13-39-27/h3-4,9,16,22,27H,2,5-8,10-13,29H2,1H3,(H,30,36)(H,31,32,35). The lowest BCUT2D eigenvalue weighted by atomic mass is 9.87. The molecular weight excluding hydrogens is 534 g/mol. The van der Waals surface area contributed by atoms with Crippen LogP contribution in [0.3, 0.4) is 0 Å². The van der Waals surface area contributed by atoms with Crippen molar-refractivity contribution in [3.05, 3.63) is 61.5 Å². The van der Waals surface area contributed by atoms with Gasteiger partial charge in [-0.1, -0.05) is 18.2 Å². The van der Waals surface area contributed by atoms with Gasteiger partial charge in [-0.25, -0.2) is 4.98 Å². The van der Waals surface area contributed by atoms with Crippen LogP contribution in [-0.2, 0) is 51.4 Å². The Balaban J connectivity index is 1.14. The number of esters is 1. The second kappa shape index (κ2) is 10.8. The molecule has 3 atom stereocenters. The van der Waals surface area contributed by atoms with E-state index in [-0.39, 0.29) is 42.2 Å². The lowest BCUT2D eigenvalue weighted by Gasteiger charge is -2.34. The van der Waals surface area contributed by atoms with Crippen molar-refractivity contribution >= 4 is 39.2 Å². The van der Waals surface area contributed by atoms with E-state index in [1.807, 2.05) is 12.1 Å². The van der Waals surface area contributed by atoms with Crippen LogP contribution in [0.5, 0.6) is 0 Å². The van der Waals surface area contributed by atoms with Crippen LogP contribution in [0, 0.1) is 5.92 Å².